The summed E-state index contributed by atoms with van der Waals surface area (Å²) in [7, 11) is 0. The molecule has 1 aromatic rings. The van der Waals surface area contributed by atoms with E-state index in [4.69, 9.17) is 0 Å². The fraction of sp³-hybridized carbons (Fsp3) is 0.333. The Morgan fingerprint density at radius 1 is 1.46 bits per heavy atom. The minimum atomic E-state index is 0.771. The van der Waals surface area contributed by atoms with Crippen LogP contribution in [0.2, 0.25) is 0 Å². The van der Waals surface area contributed by atoms with Gasteiger partial charge in [0.2, 0.25) is 0 Å². The third-order valence-electron chi connectivity index (χ3n) is 1.76. The fourth-order valence-corrected chi connectivity index (χ4v) is 1.53. The monoisotopic (exact) mass is 241 g/mol. The second kappa shape index (κ2) is 4.37. The molecule has 0 aliphatic rings. The first-order valence-corrected chi connectivity index (χ1v) is 4.80. The summed E-state index contributed by atoms with van der Waals surface area (Å²) in [5.41, 5.74) is 2.08. The Hall–Kier alpha value is -0.900. The summed E-state index contributed by atoms with van der Waals surface area (Å²) in [5.74, 6) is 1.59. The van der Waals surface area contributed by atoms with Crippen molar-refractivity contribution in [1.29, 1.82) is 0 Å². The lowest BCUT2D eigenvalue weighted by Crippen LogP contribution is -2.02. The van der Waals surface area contributed by atoms with Crippen LogP contribution in [0.1, 0.15) is 17.1 Å². The number of anilines is 1. The highest BCUT2D eigenvalue weighted by Gasteiger charge is 2.07. The van der Waals surface area contributed by atoms with E-state index < -0.39 is 0 Å². The molecular formula is C9H12BrN3. The normalized spacial score (nSPS) is 9.77. The Labute approximate surface area is 86.6 Å². The van der Waals surface area contributed by atoms with Crippen LogP contribution in [0.4, 0.5) is 5.82 Å². The van der Waals surface area contributed by atoms with Gasteiger partial charge in [-0.25, -0.2) is 9.97 Å². The van der Waals surface area contributed by atoms with Gasteiger partial charge in [-0.15, -0.1) is 6.58 Å². The van der Waals surface area contributed by atoms with Gasteiger partial charge in [0, 0.05) is 27.4 Å². The molecule has 4 heteroatoms. The average Bonchev–Trinajstić information content (AvgIpc) is 2.09. The van der Waals surface area contributed by atoms with Crippen LogP contribution in [0.3, 0.4) is 0 Å². The third kappa shape index (κ3) is 2.28. The molecule has 0 aliphatic carbocycles. The number of halogens is 1. The van der Waals surface area contributed by atoms with E-state index in [2.05, 4.69) is 37.0 Å². The Morgan fingerprint density at radius 3 is 2.69 bits per heavy atom. The predicted octanol–water partition coefficient (Wildman–Crippen LogP) is 2.54. The van der Waals surface area contributed by atoms with Crippen molar-refractivity contribution >= 4 is 22.0 Å². The molecule has 1 aromatic heterocycles. The molecule has 0 radical (unpaired) electrons. The van der Waals surface area contributed by atoms with Crippen LogP contribution in [0.15, 0.2) is 12.7 Å². The zero-order chi connectivity index (χ0) is 9.84. The predicted molar refractivity (Wildman–Crippen MR) is 58.0 cm³/mol. The van der Waals surface area contributed by atoms with Gasteiger partial charge in [-0.1, -0.05) is 6.08 Å². The lowest BCUT2D eigenvalue weighted by Gasteiger charge is -2.08. The summed E-state index contributed by atoms with van der Waals surface area (Å²) in [6.45, 7) is 7.54. The van der Waals surface area contributed by atoms with Gasteiger partial charge in [0.1, 0.15) is 11.6 Å². The molecule has 0 aromatic carbocycles. The average molecular weight is 242 g/mol. The lowest BCUT2D eigenvalue weighted by atomic mass is 10.1. The quantitative estimate of drug-likeness (QED) is 0.653. The molecule has 0 fully saturated rings. The number of hydrogen-bond acceptors (Lipinski definition) is 3. The van der Waals surface area contributed by atoms with Crippen LogP contribution in [-0.2, 0) is 6.42 Å². The smallest absolute Gasteiger partial charge is 0.143 e. The van der Waals surface area contributed by atoms with Gasteiger partial charge in [-0.3, -0.25) is 0 Å². The summed E-state index contributed by atoms with van der Waals surface area (Å²) < 4.78 is 2.88. The van der Waals surface area contributed by atoms with E-state index in [0.29, 0.717) is 0 Å². The Kier molecular flexibility index (Phi) is 3.42. The maximum Gasteiger partial charge on any atom is 0.143 e. The SMILES string of the molecule is C=CCc1c(C)nc(C)nc1NBr. The number of aryl methyl sites for hydroxylation is 2. The van der Waals surface area contributed by atoms with Crippen molar-refractivity contribution in [3.8, 4) is 0 Å². The molecule has 0 aliphatic heterocycles. The third-order valence-corrected chi connectivity index (χ3v) is 2.14. The van der Waals surface area contributed by atoms with E-state index in [9.17, 15) is 0 Å². The summed E-state index contributed by atoms with van der Waals surface area (Å²) >= 11 is 3.17. The molecule has 1 N–H and O–H groups in total. The van der Waals surface area contributed by atoms with Crippen LogP contribution in [0, 0.1) is 13.8 Å². The number of nitrogens with one attached hydrogen (secondary N) is 1. The van der Waals surface area contributed by atoms with E-state index >= 15 is 0 Å². The summed E-state index contributed by atoms with van der Waals surface area (Å²) in [4.78, 5) is 8.54. The summed E-state index contributed by atoms with van der Waals surface area (Å²) in [5, 5.41) is 0. The molecule has 13 heavy (non-hydrogen) atoms. The molecule has 0 saturated carbocycles. The van der Waals surface area contributed by atoms with Crippen LogP contribution in [0.5, 0.6) is 0 Å². The zero-order valence-electron chi connectivity index (χ0n) is 7.76. The lowest BCUT2D eigenvalue weighted by molar-refractivity contribution is 0.978. The number of rotatable bonds is 3. The molecule has 1 heterocycles. The molecule has 0 atom stereocenters. The molecule has 0 unspecified atom stereocenters. The number of nitrogens with zero attached hydrogens (tertiary/aromatic N) is 2. The van der Waals surface area contributed by atoms with E-state index in [0.717, 1.165) is 29.3 Å². The summed E-state index contributed by atoms with van der Waals surface area (Å²) in [6.07, 6.45) is 2.62. The number of aromatic nitrogens is 2. The molecule has 3 nitrogen and oxygen atoms in total. The molecule has 0 amide bonds. The van der Waals surface area contributed by atoms with Crippen LogP contribution in [-0.4, -0.2) is 9.97 Å². The van der Waals surface area contributed by atoms with Crippen LogP contribution in [0.25, 0.3) is 0 Å². The van der Waals surface area contributed by atoms with Crippen molar-refractivity contribution in [1.82, 2.24) is 9.97 Å². The highest BCUT2D eigenvalue weighted by atomic mass is 79.9. The minimum Gasteiger partial charge on any atom is -0.307 e. The van der Waals surface area contributed by atoms with E-state index in [1.807, 2.05) is 19.9 Å². The summed E-state index contributed by atoms with van der Waals surface area (Å²) in [6, 6.07) is 0. The van der Waals surface area contributed by atoms with E-state index in [1.54, 1.807) is 0 Å². The molecule has 0 saturated heterocycles. The highest BCUT2D eigenvalue weighted by Crippen LogP contribution is 2.18. The maximum absolute atomic E-state index is 4.28. The van der Waals surface area contributed by atoms with Gasteiger partial charge < -0.3 is 4.34 Å². The second-order valence-electron chi connectivity index (χ2n) is 2.77. The van der Waals surface area contributed by atoms with Crippen LogP contribution < -0.4 is 4.34 Å². The van der Waals surface area contributed by atoms with Crippen molar-refractivity contribution in [3.63, 3.8) is 0 Å². The second-order valence-corrected chi connectivity index (χ2v) is 3.17. The van der Waals surface area contributed by atoms with Gasteiger partial charge in [0.25, 0.3) is 0 Å². The van der Waals surface area contributed by atoms with Gasteiger partial charge >= 0.3 is 0 Å². The highest BCUT2D eigenvalue weighted by molar-refractivity contribution is 9.10. The van der Waals surface area contributed by atoms with Gasteiger partial charge in [-0.05, 0) is 20.3 Å². The zero-order valence-corrected chi connectivity index (χ0v) is 9.35. The first-order valence-electron chi connectivity index (χ1n) is 4.00. The molecule has 0 spiro atoms. The number of allylic oxidation sites excluding steroid dienone is 1. The van der Waals surface area contributed by atoms with Crippen LogP contribution >= 0.6 is 16.1 Å². The fourth-order valence-electron chi connectivity index (χ4n) is 1.20. The van der Waals surface area contributed by atoms with E-state index in [-0.39, 0.29) is 0 Å². The Morgan fingerprint density at radius 2 is 2.15 bits per heavy atom. The minimum absolute atomic E-state index is 0.771. The topological polar surface area (TPSA) is 37.8 Å². The van der Waals surface area contributed by atoms with Crippen molar-refractivity contribution in [3.05, 3.63) is 29.7 Å². The van der Waals surface area contributed by atoms with Crippen molar-refractivity contribution in [2.45, 2.75) is 20.3 Å². The number of hydrogen-bond donors (Lipinski definition) is 1. The van der Waals surface area contributed by atoms with Gasteiger partial charge in [0.15, 0.2) is 0 Å². The van der Waals surface area contributed by atoms with Crippen molar-refractivity contribution < 1.29 is 0 Å². The largest absolute Gasteiger partial charge is 0.307 e. The first-order chi connectivity index (χ1) is 6.19. The molecule has 0 bridgehead atoms. The van der Waals surface area contributed by atoms with Crippen molar-refractivity contribution in [2.75, 3.05) is 4.34 Å². The van der Waals surface area contributed by atoms with Gasteiger partial charge in [-0.2, -0.15) is 0 Å². The van der Waals surface area contributed by atoms with Gasteiger partial charge in [0.05, 0.1) is 0 Å². The Bertz CT molecular complexity index is 323. The molecule has 1 rings (SSSR count). The molecular weight excluding hydrogens is 230 g/mol. The van der Waals surface area contributed by atoms with Crippen molar-refractivity contribution in [2.24, 2.45) is 0 Å². The molecule has 70 valence electrons. The van der Waals surface area contributed by atoms with E-state index in [1.165, 1.54) is 0 Å². The standard InChI is InChI=1S/C9H12BrN3/c1-4-5-8-6(2)11-7(3)12-9(8)13-10/h4H,1,5H2,2-3H3,(H,11,12,13). The maximum atomic E-state index is 4.28. The first kappa shape index (κ1) is 10.2. The Balaban J connectivity index is 3.20.